The Labute approximate surface area is 104 Å². The molecule has 2 saturated heterocycles. The van der Waals surface area contributed by atoms with E-state index in [1.165, 1.54) is 6.42 Å². The van der Waals surface area contributed by atoms with Crippen molar-refractivity contribution in [1.29, 1.82) is 0 Å². The smallest absolute Gasteiger partial charge is 0.239 e. The van der Waals surface area contributed by atoms with E-state index in [1.807, 2.05) is 11.8 Å². The first-order chi connectivity index (χ1) is 7.98. The molecule has 0 aromatic heterocycles. The van der Waals surface area contributed by atoms with Crippen molar-refractivity contribution in [2.45, 2.75) is 57.8 Å². The minimum atomic E-state index is -0.220. The van der Waals surface area contributed by atoms with Crippen molar-refractivity contribution in [3.05, 3.63) is 0 Å². The molecular weight excluding hydrogens is 216 g/mol. The van der Waals surface area contributed by atoms with Gasteiger partial charge < -0.3 is 15.0 Å². The number of ether oxygens (including phenoxy) is 1. The quantitative estimate of drug-likeness (QED) is 0.747. The third-order valence-electron chi connectivity index (χ3n) is 3.49. The molecule has 0 bridgehead atoms. The van der Waals surface area contributed by atoms with Gasteiger partial charge in [0.15, 0.2) is 0 Å². The first-order valence-corrected chi connectivity index (χ1v) is 6.68. The number of rotatable bonds is 1. The largest absolute Gasteiger partial charge is 0.369 e. The molecule has 2 unspecified atom stereocenters. The maximum atomic E-state index is 12.4. The highest BCUT2D eigenvalue weighted by Crippen LogP contribution is 2.22. The molecular formula is C13H24N2O2. The van der Waals surface area contributed by atoms with Gasteiger partial charge in [-0.2, -0.15) is 0 Å². The number of hydrogen-bond donors (Lipinski definition) is 1. The molecule has 98 valence electrons. The van der Waals surface area contributed by atoms with Gasteiger partial charge in [-0.1, -0.05) is 6.42 Å². The second-order valence-electron chi connectivity index (χ2n) is 5.91. The lowest BCUT2D eigenvalue weighted by molar-refractivity contribution is -0.160. The summed E-state index contributed by atoms with van der Waals surface area (Å²) in [6.07, 6.45) is 3.46. The van der Waals surface area contributed by atoms with Crippen LogP contribution in [0.3, 0.4) is 0 Å². The van der Waals surface area contributed by atoms with Crippen LogP contribution in [0, 0.1) is 0 Å². The molecule has 0 aromatic rings. The van der Waals surface area contributed by atoms with Gasteiger partial charge in [-0.3, -0.25) is 4.79 Å². The van der Waals surface area contributed by atoms with E-state index in [1.54, 1.807) is 0 Å². The molecule has 2 aliphatic heterocycles. The Balaban J connectivity index is 1.98. The van der Waals surface area contributed by atoms with Gasteiger partial charge in [-0.15, -0.1) is 0 Å². The third kappa shape index (κ3) is 3.19. The molecule has 0 radical (unpaired) electrons. The van der Waals surface area contributed by atoms with Gasteiger partial charge in [0.1, 0.15) is 0 Å². The van der Waals surface area contributed by atoms with E-state index < -0.39 is 0 Å². The summed E-state index contributed by atoms with van der Waals surface area (Å²) in [4.78, 5) is 14.4. The molecule has 4 nitrogen and oxygen atoms in total. The predicted molar refractivity (Wildman–Crippen MR) is 66.8 cm³/mol. The second kappa shape index (κ2) is 4.94. The molecule has 17 heavy (non-hydrogen) atoms. The minimum Gasteiger partial charge on any atom is -0.369 e. The van der Waals surface area contributed by atoms with Crippen molar-refractivity contribution in [3.8, 4) is 0 Å². The fourth-order valence-corrected chi connectivity index (χ4v) is 2.90. The van der Waals surface area contributed by atoms with E-state index in [2.05, 4.69) is 19.2 Å². The molecule has 4 heteroatoms. The fraction of sp³-hybridized carbons (Fsp3) is 0.923. The van der Waals surface area contributed by atoms with Crippen molar-refractivity contribution in [1.82, 2.24) is 10.2 Å². The summed E-state index contributed by atoms with van der Waals surface area (Å²) in [5, 5.41) is 3.33. The Bertz CT molecular complexity index is 285. The molecule has 2 heterocycles. The maximum absolute atomic E-state index is 12.4. The number of nitrogens with zero attached hydrogens (tertiary/aromatic N) is 1. The van der Waals surface area contributed by atoms with E-state index in [0.29, 0.717) is 6.54 Å². The van der Waals surface area contributed by atoms with E-state index in [4.69, 9.17) is 4.74 Å². The summed E-state index contributed by atoms with van der Waals surface area (Å²) >= 11 is 0. The zero-order valence-electron chi connectivity index (χ0n) is 11.2. The van der Waals surface area contributed by atoms with E-state index >= 15 is 0 Å². The highest BCUT2D eigenvalue weighted by Gasteiger charge is 2.36. The van der Waals surface area contributed by atoms with E-state index in [0.717, 1.165) is 25.9 Å². The van der Waals surface area contributed by atoms with Gasteiger partial charge >= 0.3 is 0 Å². The van der Waals surface area contributed by atoms with Gasteiger partial charge in [0.2, 0.25) is 5.91 Å². The first-order valence-electron chi connectivity index (χ1n) is 6.68. The maximum Gasteiger partial charge on any atom is 0.239 e. The first kappa shape index (κ1) is 12.8. The molecule has 0 spiro atoms. The Kier molecular flexibility index (Phi) is 3.73. The van der Waals surface area contributed by atoms with Gasteiger partial charge in [0.25, 0.3) is 0 Å². The SMILES string of the molecule is CC1CN(C(=O)C2CCCCN2)CC(C)(C)O1. The van der Waals surface area contributed by atoms with Crippen LogP contribution in [-0.4, -0.2) is 48.2 Å². The average molecular weight is 240 g/mol. The molecule has 2 atom stereocenters. The Morgan fingerprint density at radius 1 is 1.41 bits per heavy atom. The predicted octanol–water partition coefficient (Wildman–Crippen LogP) is 1.15. The summed E-state index contributed by atoms with van der Waals surface area (Å²) in [5.74, 6) is 0.257. The highest BCUT2D eigenvalue weighted by atomic mass is 16.5. The lowest BCUT2D eigenvalue weighted by Crippen LogP contribution is -2.58. The third-order valence-corrected chi connectivity index (χ3v) is 3.49. The molecule has 1 N–H and O–H groups in total. The highest BCUT2D eigenvalue weighted by molar-refractivity contribution is 5.82. The van der Waals surface area contributed by atoms with Gasteiger partial charge in [-0.25, -0.2) is 0 Å². The van der Waals surface area contributed by atoms with Crippen LogP contribution in [0.2, 0.25) is 0 Å². The minimum absolute atomic E-state index is 0.0323. The van der Waals surface area contributed by atoms with Crippen molar-refractivity contribution >= 4 is 5.91 Å². The topological polar surface area (TPSA) is 41.6 Å². The number of amides is 1. The number of carbonyl (C=O) groups excluding carboxylic acids is 1. The summed E-state index contributed by atoms with van der Waals surface area (Å²) < 4.78 is 5.83. The van der Waals surface area contributed by atoms with Crippen LogP contribution in [0.1, 0.15) is 40.0 Å². The molecule has 0 aliphatic carbocycles. The normalized spacial score (nSPS) is 33.5. The summed E-state index contributed by atoms with van der Waals surface area (Å²) in [6.45, 7) is 8.54. The number of hydrogen-bond acceptors (Lipinski definition) is 3. The Hall–Kier alpha value is -0.610. The second-order valence-corrected chi connectivity index (χ2v) is 5.91. The zero-order valence-corrected chi connectivity index (χ0v) is 11.2. The van der Waals surface area contributed by atoms with Gasteiger partial charge in [0, 0.05) is 13.1 Å². The average Bonchev–Trinajstić information content (AvgIpc) is 2.26. The van der Waals surface area contributed by atoms with Gasteiger partial charge in [0.05, 0.1) is 17.7 Å². The van der Waals surface area contributed by atoms with Crippen molar-refractivity contribution in [2.75, 3.05) is 19.6 Å². The number of morpholine rings is 1. The molecule has 2 aliphatic rings. The van der Waals surface area contributed by atoms with Crippen molar-refractivity contribution < 1.29 is 9.53 Å². The van der Waals surface area contributed by atoms with E-state index in [-0.39, 0.29) is 23.7 Å². The van der Waals surface area contributed by atoms with Crippen molar-refractivity contribution in [2.24, 2.45) is 0 Å². The lowest BCUT2D eigenvalue weighted by atomic mass is 10.0. The van der Waals surface area contributed by atoms with Crippen LogP contribution < -0.4 is 5.32 Å². The van der Waals surface area contributed by atoms with E-state index in [9.17, 15) is 4.79 Å². The Morgan fingerprint density at radius 3 is 2.76 bits per heavy atom. The number of nitrogens with one attached hydrogen (secondary N) is 1. The zero-order chi connectivity index (χ0) is 12.5. The summed E-state index contributed by atoms with van der Waals surface area (Å²) in [7, 11) is 0. The van der Waals surface area contributed by atoms with Crippen LogP contribution in [-0.2, 0) is 9.53 Å². The monoisotopic (exact) mass is 240 g/mol. The fourth-order valence-electron chi connectivity index (χ4n) is 2.90. The van der Waals surface area contributed by atoms with Crippen molar-refractivity contribution in [3.63, 3.8) is 0 Å². The number of piperidine rings is 1. The molecule has 2 rings (SSSR count). The van der Waals surface area contributed by atoms with Crippen LogP contribution in [0.15, 0.2) is 0 Å². The standard InChI is InChI=1S/C13H24N2O2/c1-10-8-15(9-13(2,3)17-10)12(16)11-6-4-5-7-14-11/h10-11,14H,4-9H2,1-3H3. The summed E-state index contributed by atoms with van der Waals surface area (Å²) in [6, 6.07) is 0.0323. The Morgan fingerprint density at radius 2 is 2.18 bits per heavy atom. The molecule has 1 amide bonds. The summed E-state index contributed by atoms with van der Waals surface area (Å²) in [5.41, 5.74) is -0.220. The van der Waals surface area contributed by atoms with Crippen LogP contribution in [0.5, 0.6) is 0 Å². The van der Waals surface area contributed by atoms with Gasteiger partial charge in [-0.05, 0) is 40.2 Å². The number of carbonyl (C=O) groups is 1. The van der Waals surface area contributed by atoms with Crippen LogP contribution >= 0.6 is 0 Å². The molecule has 0 saturated carbocycles. The lowest BCUT2D eigenvalue weighted by Gasteiger charge is -2.43. The van der Waals surface area contributed by atoms with Crippen LogP contribution in [0.4, 0.5) is 0 Å². The molecule has 2 fully saturated rings. The van der Waals surface area contributed by atoms with Crippen LogP contribution in [0.25, 0.3) is 0 Å². The molecule has 0 aromatic carbocycles.